The summed E-state index contributed by atoms with van der Waals surface area (Å²) in [5.41, 5.74) is 6.13. The summed E-state index contributed by atoms with van der Waals surface area (Å²) in [6.45, 7) is 0.100. The minimum absolute atomic E-state index is 0.100. The van der Waals surface area contributed by atoms with Crippen molar-refractivity contribution in [2.45, 2.75) is 18.0 Å². The molecule has 38 heavy (non-hydrogen) atoms. The Morgan fingerprint density at radius 3 is 2.89 bits per heavy atom. The number of carboxylic acid groups (broad SMARTS) is 2. The molecule has 0 radical (unpaired) electrons. The van der Waals surface area contributed by atoms with Gasteiger partial charge in [0.1, 0.15) is 29.8 Å². The Hall–Kier alpha value is -4.44. The van der Waals surface area contributed by atoms with Crippen LogP contribution in [0.3, 0.4) is 0 Å². The second-order valence-electron chi connectivity index (χ2n) is 8.15. The molecule has 1 fully saturated rings. The Labute approximate surface area is 221 Å². The van der Waals surface area contributed by atoms with Gasteiger partial charge in [-0.15, -0.1) is 23.1 Å². The number of furan rings is 1. The number of thiazole rings is 1. The maximum atomic E-state index is 13.0. The summed E-state index contributed by atoms with van der Waals surface area (Å²) in [5.74, 6) is -4.07. The molecule has 14 nitrogen and oxygen atoms in total. The fourth-order valence-electron chi connectivity index (χ4n) is 4.15. The first kappa shape index (κ1) is 25.2. The van der Waals surface area contributed by atoms with Crippen LogP contribution in [0.25, 0.3) is 11.0 Å². The van der Waals surface area contributed by atoms with Gasteiger partial charge in [-0.25, -0.2) is 14.3 Å². The summed E-state index contributed by atoms with van der Waals surface area (Å²) in [6.07, 6.45) is 3.22. The molecule has 5 rings (SSSR count). The highest BCUT2D eigenvalue weighted by atomic mass is 32.2. The number of pyridine rings is 1. The molecule has 0 bridgehead atoms. The number of carbonyl (C=O) groups excluding carboxylic acids is 3. The average Bonchev–Trinajstić information content (AvgIpc) is 3.51. The highest BCUT2D eigenvalue weighted by Gasteiger charge is 2.53. The number of fused-ring (bicyclic) bond motifs is 2. The van der Waals surface area contributed by atoms with Gasteiger partial charge in [0.05, 0.1) is 17.1 Å². The third-order valence-corrected chi connectivity index (χ3v) is 7.80. The Morgan fingerprint density at radius 1 is 1.45 bits per heavy atom. The number of hydrogen-bond acceptors (Lipinski definition) is 12. The number of nitrogens with two attached hydrogens (primary N) is 1. The number of oxime groups is 1. The number of thioether (sulfide) groups is 1. The molecule has 4 N–H and O–H groups in total. The summed E-state index contributed by atoms with van der Waals surface area (Å²) in [6, 6.07) is 1.92. The van der Waals surface area contributed by atoms with Crippen LogP contribution in [0.1, 0.15) is 16.2 Å². The standard InChI is InChI=1S/C22H18N6O8S2/c1-35-26-14(11-8-38-22(23)24-11)17(29)25-15-18(30)28-16(21(33)34)10(7-37-19(15)28)6-27-3-2-12-9(5-27)4-13(36-12)20(31)32/h2-5,8,15,19H,6-7H2,1H3,(H4-,23,24,25,29,31,32,33,34)/b26-14-/t15?,19-/m1/s1. The van der Waals surface area contributed by atoms with Crippen LogP contribution < -0.4 is 20.7 Å². The number of aliphatic carboxylic acids is 1. The van der Waals surface area contributed by atoms with Crippen LogP contribution in [-0.4, -0.2) is 68.7 Å². The minimum atomic E-state index is -1.53. The molecule has 0 saturated carbocycles. The summed E-state index contributed by atoms with van der Waals surface area (Å²) >= 11 is 2.38. The van der Waals surface area contributed by atoms with E-state index in [0.29, 0.717) is 16.5 Å². The first-order valence-corrected chi connectivity index (χ1v) is 12.8. The van der Waals surface area contributed by atoms with Crippen LogP contribution in [0.2, 0.25) is 0 Å². The fourth-order valence-corrected chi connectivity index (χ4v) is 6.04. The number of β-lactam (4-membered cyclic amide) rings is 1. The van der Waals surface area contributed by atoms with Crippen LogP contribution >= 0.6 is 23.1 Å². The van der Waals surface area contributed by atoms with Gasteiger partial charge in [0.15, 0.2) is 29.8 Å². The van der Waals surface area contributed by atoms with E-state index in [4.69, 9.17) is 20.1 Å². The maximum Gasteiger partial charge on any atom is 0.371 e. The average molecular weight is 559 g/mol. The lowest BCUT2D eigenvalue weighted by Crippen LogP contribution is -2.71. The predicted molar refractivity (Wildman–Crippen MR) is 130 cm³/mol. The van der Waals surface area contributed by atoms with Crippen LogP contribution in [-0.2, 0) is 25.8 Å². The van der Waals surface area contributed by atoms with Gasteiger partial charge in [-0.05, 0) is 0 Å². The van der Waals surface area contributed by atoms with Gasteiger partial charge in [-0.3, -0.25) is 14.5 Å². The summed E-state index contributed by atoms with van der Waals surface area (Å²) < 4.78 is 6.90. The Morgan fingerprint density at radius 2 is 2.24 bits per heavy atom. The lowest BCUT2D eigenvalue weighted by molar-refractivity contribution is -0.687. The van der Waals surface area contributed by atoms with Gasteiger partial charge >= 0.3 is 5.97 Å². The van der Waals surface area contributed by atoms with Crippen LogP contribution in [0.5, 0.6) is 0 Å². The third kappa shape index (κ3) is 4.43. The van der Waals surface area contributed by atoms with E-state index >= 15 is 0 Å². The molecule has 0 spiro atoms. The van der Waals surface area contributed by atoms with Gasteiger partial charge in [0.2, 0.25) is 5.76 Å². The van der Waals surface area contributed by atoms with E-state index in [1.165, 1.54) is 30.3 Å². The number of hydrogen-bond donors (Lipinski definition) is 3. The van der Waals surface area contributed by atoms with Gasteiger partial charge < -0.3 is 35.3 Å². The van der Waals surface area contributed by atoms with Crippen molar-refractivity contribution in [2.75, 3.05) is 18.6 Å². The monoisotopic (exact) mass is 558 g/mol. The van der Waals surface area contributed by atoms with Crippen molar-refractivity contribution in [1.82, 2.24) is 15.2 Å². The molecule has 1 unspecified atom stereocenters. The van der Waals surface area contributed by atoms with E-state index < -0.39 is 35.2 Å². The van der Waals surface area contributed by atoms with Crippen molar-refractivity contribution in [1.29, 1.82) is 0 Å². The number of carbonyl (C=O) groups is 4. The van der Waals surface area contributed by atoms with Crippen molar-refractivity contribution in [3.8, 4) is 0 Å². The Balaban J connectivity index is 1.36. The Kier molecular flexibility index (Phi) is 6.50. The number of nitrogens with one attached hydrogen (secondary N) is 1. The minimum Gasteiger partial charge on any atom is -0.543 e. The van der Waals surface area contributed by atoms with Crippen molar-refractivity contribution < 1.29 is 43.2 Å². The number of aromatic carboxylic acids is 1. The molecule has 3 aromatic rings. The van der Waals surface area contributed by atoms with E-state index in [1.807, 2.05) is 0 Å². The van der Waals surface area contributed by atoms with Gasteiger partial charge in [0.25, 0.3) is 11.8 Å². The zero-order valence-corrected chi connectivity index (χ0v) is 21.1. The van der Waals surface area contributed by atoms with Crippen LogP contribution in [0.4, 0.5) is 5.13 Å². The van der Waals surface area contributed by atoms with Crippen LogP contribution in [0, 0.1) is 0 Å². The molecule has 0 aliphatic carbocycles. The molecular weight excluding hydrogens is 540 g/mol. The molecule has 3 aromatic heterocycles. The Bertz CT molecular complexity index is 1560. The quantitative estimate of drug-likeness (QED) is 0.131. The molecule has 2 aliphatic rings. The lowest BCUT2D eigenvalue weighted by atomic mass is 10.0. The lowest BCUT2D eigenvalue weighted by Gasteiger charge is -2.50. The van der Waals surface area contributed by atoms with Gasteiger partial charge in [-0.2, -0.15) is 0 Å². The highest BCUT2D eigenvalue weighted by Crippen LogP contribution is 2.40. The molecule has 2 amide bonds. The molecular formula is C22H18N6O8S2. The SMILES string of the molecule is CO/N=C(\C(=O)NC1C(=O)N2C(C(=O)[O-])=C(C[n+]3ccc4oc(C(=O)O)cc4c3)CS[C@H]12)c1csc(N)n1. The number of aromatic nitrogens is 2. The molecule has 5 heterocycles. The highest BCUT2D eigenvalue weighted by molar-refractivity contribution is 8.00. The van der Waals surface area contributed by atoms with Crippen molar-refractivity contribution in [3.63, 3.8) is 0 Å². The first-order valence-electron chi connectivity index (χ1n) is 10.8. The molecule has 16 heteroatoms. The number of nitrogen functional groups attached to an aromatic ring is 1. The van der Waals surface area contributed by atoms with Crippen molar-refractivity contribution in [3.05, 3.63) is 52.6 Å². The second-order valence-corrected chi connectivity index (χ2v) is 10.1. The molecule has 2 aliphatic heterocycles. The number of anilines is 1. The van der Waals surface area contributed by atoms with E-state index in [9.17, 15) is 24.3 Å². The normalized spacial score (nSPS) is 19.2. The second kappa shape index (κ2) is 9.79. The molecule has 2 atom stereocenters. The van der Waals surface area contributed by atoms with Crippen molar-refractivity contribution >= 4 is 68.7 Å². The number of nitrogens with zero attached hydrogens (tertiary/aromatic N) is 4. The molecule has 0 aromatic carbocycles. The summed E-state index contributed by atoms with van der Waals surface area (Å²) in [4.78, 5) is 59.0. The van der Waals surface area contributed by atoms with E-state index in [-0.39, 0.29) is 40.3 Å². The van der Waals surface area contributed by atoms with Crippen molar-refractivity contribution in [2.24, 2.45) is 5.16 Å². The smallest absolute Gasteiger partial charge is 0.371 e. The van der Waals surface area contributed by atoms with E-state index in [2.05, 4.69) is 15.5 Å². The predicted octanol–water partition coefficient (Wildman–Crippen LogP) is -1.09. The zero-order valence-electron chi connectivity index (χ0n) is 19.4. The fraction of sp³-hybridized carbons (Fsp3) is 0.227. The largest absolute Gasteiger partial charge is 0.543 e. The number of rotatable bonds is 8. The van der Waals surface area contributed by atoms with E-state index in [1.54, 1.807) is 23.0 Å². The summed E-state index contributed by atoms with van der Waals surface area (Å²) in [7, 11) is 1.25. The zero-order chi connectivity index (χ0) is 27.1. The topological polar surface area (TPSA) is 204 Å². The first-order chi connectivity index (χ1) is 18.2. The number of carboxylic acids is 2. The summed E-state index contributed by atoms with van der Waals surface area (Å²) in [5, 5.41) is 29.0. The molecule has 196 valence electrons. The molecule has 1 saturated heterocycles. The van der Waals surface area contributed by atoms with Crippen LogP contribution in [0.15, 0.2) is 50.7 Å². The van der Waals surface area contributed by atoms with E-state index in [0.717, 1.165) is 16.2 Å². The van der Waals surface area contributed by atoms with Gasteiger partial charge in [0, 0.05) is 28.8 Å². The third-order valence-electron chi connectivity index (χ3n) is 5.79. The number of amides is 2. The van der Waals surface area contributed by atoms with Gasteiger partial charge in [-0.1, -0.05) is 5.16 Å². The maximum absolute atomic E-state index is 13.0.